The Morgan fingerprint density at radius 1 is 1.48 bits per heavy atom. The number of hydrogen-bond acceptors (Lipinski definition) is 2. The van der Waals surface area contributed by atoms with Crippen molar-refractivity contribution < 1.29 is 4.79 Å². The molecule has 1 aromatic rings. The lowest BCUT2D eigenvalue weighted by molar-refractivity contribution is -0.123. The van der Waals surface area contributed by atoms with E-state index in [1.807, 2.05) is 12.1 Å². The van der Waals surface area contributed by atoms with Gasteiger partial charge in [0, 0.05) is 12.7 Å². The van der Waals surface area contributed by atoms with Gasteiger partial charge in [0.2, 0.25) is 5.91 Å². The minimum atomic E-state index is 0.0628. The fourth-order valence-corrected chi connectivity index (χ4v) is 3.10. The molecule has 1 fully saturated rings. The quantitative estimate of drug-likeness (QED) is 0.666. The van der Waals surface area contributed by atoms with Crippen LogP contribution in [0, 0.1) is 17.3 Å². The number of rotatable bonds is 5. The maximum Gasteiger partial charge on any atom is 0.224 e. The van der Waals surface area contributed by atoms with Crippen LogP contribution in [-0.2, 0) is 11.2 Å². The highest BCUT2D eigenvalue weighted by molar-refractivity contribution is 6.30. The molecule has 114 valence electrons. The summed E-state index contributed by atoms with van der Waals surface area (Å²) in [5.74, 6) is 0.573. The molecule has 3 nitrogen and oxygen atoms in total. The molecule has 0 saturated heterocycles. The van der Waals surface area contributed by atoms with Crippen molar-refractivity contribution in [2.24, 2.45) is 17.3 Å². The van der Waals surface area contributed by atoms with E-state index in [4.69, 9.17) is 11.6 Å². The van der Waals surface area contributed by atoms with Crippen LogP contribution in [0.5, 0.6) is 0 Å². The lowest BCUT2D eigenvalue weighted by atomic mass is 10.1. The smallest absolute Gasteiger partial charge is 0.224 e. The minimum Gasteiger partial charge on any atom is -0.355 e. The van der Waals surface area contributed by atoms with Gasteiger partial charge in [0.1, 0.15) is 5.15 Å². The zero-order valence-corrected chi connectivity index (χ0v) is 13.9. The highest BCUT2D eigenvalue weighted by Gasteiger charge is 2.60. The first-order valence-electron chi connectivity index (χ1n) is 7.36. The number of carbonyl (C=O) groups excluding carboxylic acids is 1. The molecular formula is C17H23ClN2O. The highest BCUT2D eigenvalue weighted by Crippen LogP contribution is 2.59. The van der Waals surface area contributed by atoms with Crippen LogP contribution in [-0.4, -0.2) is 17.4 Å². The standard InChI is InChI=1S/C17H23ClN2O/c1-11(2)10-13-14(17(13,3)4)16(21)20-9-7-12-6-5-8-19-15(12)18/h5-6,8,10,13-14H,7,9H2,1-4H3,(H,20,21). The van der Waals surface area contributed by atoms with Crippen LogP contribution < -0.4 is 5.32 Å². The van der Waals surface area contributed by atoms with Crippen LogP contribution in [0.2, 0.25) is 5.15 Å². The van der Waals surface area contributed by atoms with E-state index in [2.05, 4.69) is 44.1 Å². The Morgan fingerprint density at radius 3 is 2.81 bits per heavy atom. The molecule has 1 aliphatic carbocycles. The first-order chi connectivity index (χ1) is 9.84. The third kappa shape index (κ3) is 3.65. The number of nitrogens with zero attached hydrogens (tertiary/aromatic N) is 1. The second kappa shape index (κ2) is 6.18. The summed E-state index contributed by atoms with van der Waals surface area (Å²) >= 11 is 6.01. The van der Waals surface area contributed by atoms with E-state index in [0.29, 0.717) is 24.0 Å². The highest BCUT2D eigenvalue weighted by atomic mass is 35.5. The second-order valence-corrected chi connectivity index (χ2v) is 6.92. The fraction of sp³-hybridized carbons (Fsp3) is 0.529. The van der Waals surface area contributed by atoms with Gasteiger partial charge in [-0.2, -0.15) is 0 Å². The summed E-state index contributed by atoms with van der Waals surface area (Å²) in [7, 11) is 0. The van der Waals surface area contributed by atoms with Gasteiger partial charge in [-0.1, -0.05) is 43.2 Å². The Balaban J connectivity index is 1.86. The van der Waals surface area contributed by atoms with Crippen LogP contribution in [0.15, 0.2) is 30.0 Å². The fourth-order valence-electron chi connectivity index (χ4n) is 2.88. The van der Waals surface area contributed by atoms with Crippen LogP contribution in [0.1, 0.15) is 33.3 Å². The summed E-state index contributed by atoms with van der Waals surface area (Å²) in [5, 5.41) is 3.54. The number of allylic oxidation sites excluding steroid dienone is 2. The molecule has 2 unspecified atom stereocenters. The number of pyridine rings is 1. The third-order valence-electron chi connectivity index (χ3n) is 4.24. The number of nitrogens with one attached hydrogen (secondary N) is 1. The van der Waals surface area contributed by atoms with E-state index in [1.165, 1.54) is 5.57 Å². The normalized spacial score (nSPS) is 22.5. The summed E-state index contributed by atoms with van der Waals surface area (Å²) in [6, 6.07) is 3.80. The molecule has 2 atom stereocenters. The van der Waals surface area contributed by atoms with Gasteiger partial charge in [0.15, 0.2) is 0 Å². The average Bonchev–Trinajstić information content (AvgIpc) is 2.92. The maximum absolute atomic E-state index is 12.3. The molecule has 1 N–H and O–H groups in total. The molecule has 1 amide bonds. The molecule has 1 saturated carbocycles. The van der Waals surface area contributed by atoms with Crippen LogP contribution >= 0.6 is 11.6 Å². The first kappa shape index (κ1) is 16.0. The van der Waals surface area contributed by atoms with Crippen molar-refractivity contribution in [1.29, 1.82) is 0 Å². The third-order valence-corrected chi connectivity index (χ3v) is 4.58. The van der Waals surface area contributed by atoms with E-state index in [-0.39, 0.29) is 17.2 Å². The minimum absolute atomic E-state index is 0.0628. The van der Waals surface area contributed by atoms with Gasteiger partial charge in [-0.3, -0.25) is 4.79 Å². The Morgan fingerprint density at radius 2 is 2.19 bits per heavy atom. The van der Waals surface area contributed by atoms with Crippen LogP contribution in [0.3, 0.4) is 0 Å². The number of carbonyl (C=O) groups is 1. The average molecular weight is 307 g/mol. The summed E-state index contributed by atoms with van der Waals surface area (Å²) < 4.78 is 0. The first-order valence-corrected chi connectivity index (χ1v) is 7.74. The van der Waals surface area contributed by atoms with E-state index in [0.717, 1.165) is 5.56 Å². The molecule has 2 rings (SSSR count). The molecule has 1 heterocycles. The summed E-state index contributed by atoms with van der Waals surface area (Å²) in [6.07, 6.45) is 4.59. The number of hydrogen-bond donors (Lipinski definition) is 1. The summed E-state index contributed by atoms with van der Waals surface area (Å²) in [5.41, 5.74) is 2.30. The molecule has 4 heteroatoms. The lowest BCUT2D eigenvalue weighted by Gasteiger charge is -2.07. The second-order valence-electron chi connectivity index (χ2n) is 6.56. The Bertz CT molecular complexity index is 562. The van der Waals surface area contributed by atoms with Crippen molar-refractivity contribution in [2.45, 2.75) is 34.1 Å². The molecule has 0 spiro atoms. The van der Waals surface area contributed by atoms with Gasteiger partial charge < -0.3 is 5.32 Å². The molecule has 1 aliphatic rings. The maximum atomic E-state index is 12.3. The zero-order chi connectivity index (χ0) is 15.6. The molecule has 1 aromatic heterocycles. The van der Waals surface area contributed by atoms with Crippen molar-refractivity contribution in [2.75, 3.05) is 6.54 Å². The topological polar surface area (TPSA) is 42.0 Å². The van der Waals surface area contributed by atoms with Crippen molar-refractivity contribution in [1.82, 2.24) is 10.3 Å². The molecule has 0 aromatic carbocycles. The predicted molar refractivity (Wildman–Crippen MR) is 86.2 cm³/mol. The van der Waals surface area contributed by atoms with E-state index >= 15 is 0 Å². The SMILES string of the molecule is CC(C)=CC1C(C(=O)NCCc2cccnc2Cl)C1(C)C. The van der Waals surface area contributed by atoms with Gasteiger partial charge >= 0.3 is 0 Å². The van der Waals surface area contributed by atoms with Crippen molar-refractivity contribution in [3.05, 3.63) is 40.7 Å². The van der Waals surface area contributed by atoms with Crippen LogP contribution in [0.4, 0.5) is 0 Å². The number of amides is 1. The van der Waals surface area contributed by atoms with Gasteiger partial charge in [-0.15, -0.1) is 0 Å². The van der Waals surface area contributed by atoms with Gasteiger partial charge in [0.05, 0.1) is 5.92 Å². The Kier molecular flexibility index (Phi) is 4.72. The summed E-state index contributed by atoms with van der Waals surface area (Å²) in [4.78, 5) is 16.3. The predicted octanol–water partition coefficient (Wildman–Crippen LogP) is 3.63. The molecule has 21 heavy (non-hydrogen) atoms. The molecular weight excluding hydrogens is 284 g/mol. The largest absolute Gasteiger partial charge is 0.355 e. The summed E-state index contributed by atoms with van der Waals surface area (Å²) in [6.45, 7) is 9.05. The van der Waals surface area contributed by atoms with Gasteiger partial charge in [-0.25, -0.2) is 4.98 Å². The van der Waals surface area contributed by atoms with E-state index in [9.17, 15) is 4.79 Å². The van der Waals surface area contributed by atoms with E-state index < -0.39 is 0 Å². The Hall–Kier alpha value is -1.35. The van der Waals surface area contributed by atoms with Crippen LogP contribution in [0.25, 0.3) is 0 Å². The number of halogens is 1. The zero-order valence-electron chi connectivity index (χ0n) is 13.1. The lowest BCUT2D eigenvalue weighted by Crippen LogP contribution is -2.28. The molecule has 0 aliphatic heterocycles. The van der Waals surface area contributed by atoms with Crippen molar-refractivity contribution in [3.8, 4) is 0 Å². The Labute approximate surface area is 131 Å². The molecule has 0 bridgehead atoms. The van der Waals surface area contributed by atoms with Crippen molar-refractivity contribution in [3.63, 3.8) is 0 Å². The van der Waals surface area contributed by atoms with Crippen molar-refractivity contribution >= 4 is 17.5 Å². The number of aromatic nitrogens is 1. The van der Waals surface area contributed by atoms with Gasteiger partial charge in [-0.05, 0) is 43.2 Å². The molecule has 0 radical (unpaired) electrons. The van der Waals surface area contributed by atoms with E-state index in [1.54, 1.807) is 6.20 Å². The van der Waals surface area contributed by atoms with Gasteiger partial charge in [0.25, 0.3) is 0 Å². The monoisotopic (exact) mass is 306 g/mol.